The highest BCUT2D eigenvalue weighted by Gasteiger charge is 2.57. The van der Waals surface area contributed by atoms with Crippen LogP contribution in [0.15, 0.2) is 21.3 Å². The summed E-state index contributed by atoms with van der Waals surface area (Å²) >= 11 is 1.43. The summed E-state index contributed by atoms with van der Waals surface area (Å²) in [7, 11) is 0. The van der Waals surface area contributed by atoms with Crippen LogP contribution in [-0.2, 0) is 9.59 Å². The van der Waals surface area contributed by atoms with Crippen LogP contribution in [0.4, 0.5) is 6.01 Å². The van der Waals surface area contributed by atoms with E-state index in [1.54, 1.807) is 6.92 Å². The zero-order valence-corrected chi connectivity index (χ0v) is 15.2. The van der Waals surface area contributed by atoms with Crippen LogP contribution in [0.25, 0.3) is 0 Å². The van der Waals surface area contributed by atoms with E-state index in [9.17, 15) is 24.6 Å². The van der Waals surface area contributed by atoms with Gasteiger partial charge in [0, 0.05) is 29.7 Å². The fourth-order valence-electron chi connectivity index (χ4n) is 3.73. The van der Waals surface area contributed by atoms with Crippen molar-refractivity contribution in [3.63, 3.8) is 0 Å². The molecule has 3 aliphatic rings. The van der Waals surface area contributed by atoms with Crippen LogP contribution in [-0.4, -0.2) is 68.4 Å². The molecule has 4 N–H and O–H groups in total. The third kappa shape index (κ3) is 2.77. The number of aliphatic carboxylic acids is 1. The zero-order valence-electron chi connectivity index (χ0n) is 14.4. The van der Waals surface area contributed by atoms with Crippen LogP contribution in [0.1, 0.15) is 23.8 Å². The van der Waals surface area contributed by atoms with Crippen molar-refractivity contribution in [1.29, 1.82) is 0 Å². The Morgan fingerprint density at radius 2 is 2.15 bits per heavy atom. The molecule has 27 heavy (non-hydrogen) atoms. The van der Waals surface area contributed by atoms with Gasteiger partial charge in [0.25, 0.3) is 11.9 Å². The number of rotatable bonds is 6. The number of aromatic nitrogens is 1. The Morgan fingerprint density at radius 3 is 2.70 bits per heavy atom. The van der Waals surface area contributed by atoms with E-state index in [1.165, 1.54) is 22.9 Å². The average molecular weight is 394 g/mol. The third-order valence-electron chi connectivity index (χ3n) is 5.06. The van der Waals surface area contributed by atoms with Gasteiger partial charge in [0.15, 0.2) is 5.69 Å². The molecule has 3 atom stereocenters. The standard InChI is InChI=1S/C16H18N4O6S/c1-6(21)11-9-2-10(12(15(24)25)20(9)14(11)23)27-7-3-19(4-7)16-18-8(5-26-16)13(17)22/h5-7,9,11,21H,2-4H2,1H3,(H2,17,22)(H,24,25)/t6-,9-,11-/m1/s1. The van der Waals surface area contributed by atoms with Gasteiger partial charge in [-0.3, -0.25) is 9.59 Å². The van der Waals surface area contributed by atoms with E-state index >= 15 is 0 Å². The lowest BCUT2D eigenvalue weighted by Crippen LogP contribution is -2.61. The summed E-state index contributed by atoms with van der Waals surface area (Å²) in [5.41, 5.74) is 5.23. The fraction of sp³-hybridized carbons (Fsp3) is 0.500. The Morgan fingerprint density at radius 1 is 1.44 bits per heavy atom. The second-order valence-electron chi connectivity index (χ2n) is 6.85. The molecule has 0 radical (unpaired) electrons. The minimum atomic E-state index is -1.13. The largest absolute Gasteiger partial charge is 0.477 e. The number of hydrogen-bond acceptors (Lipinski definition) is 8. The summed E-state index contributed by atoms with van der Waals surface area (Å²) in [4.78, 5) is 42.7. The number of oxazole rings is 1. The first-order valence-corrected chi connectivity index (χ1v) is 9.30. The van der Waals surface area contributed by atoms with Crippen LogP contribution in [0.5, 0.6) is 0 Å². The molecule has 2 amide bonds. The minimum absolute atomic E-state index is 0.0255. The van der Waals surface area contributed by atoms with Crippen molar-refractivity contribution >= 4 is 35.6 Å². The molecule has 2 fully saturated rings. The van der Waals surface area contributed by atoms with Gasteiger partial charge in [0.1, 0.15) is 12.0 Å². The first-order chi connectivity index (χ1) is 12.8. The SMILES string of the molecule is C[C@@H](O)[C@H]1C(=O)N2C(C(=O)O)=C(SC3CN(c4nc(C(N)=O)co4)C3)C[C@H]12. The topological polar surface area (TPSA) is 150 Å². The van der Waals surface area contributed by atoms with Crippen molar-refractivity contribution in [1.82, 2.24) is 9.88 Å². The number of primary amides is 1. The number of β-lactam (4-membered cyclic amide) rings is 1. The number of carboxylic acids is 1. The van der Waals surface area contributed by atoms with Gasteiger partial charge in [-0.25, -0.2) is 4.79 Å². The maximum Gasteiger partial charge on any atom is 0.353 e. The number of carbonyl (C=O) groups is 3. The number of hydrogen-bond donors (Lipinski definition) is 3. The number of aliphatic hydroxyl groups excluding tert-OH is 1. The molecule has 0 unspecified atom stereocenters. The van der Waals surface area contributed by atoms with E-state index in [4.69, 9.17) is 10.2 Å². The predicted molar refractivity (Wildman–Crippen MR) is 93.7 cm³/mol. The zero-order chi connectivity index (χ0) is 19.5. The lowest BCUT2D eigenvalue weighted by Gasteiger charge is -2.44. The summed E-state index contributed by atoms with van der Waals surface area (Å²) in [6.45, 7) is 2.68. The van der Waals surface area contributed by atoms with Gasteiger partial charge in [-0.2, -0.15) is 4.98 Å². The predicted octanol–water partition coefficient (Wildman–Crippen LogP) is -0.397. The van der Waals surface area contributed by atoms with Gasteiger partial charge < -0.3 is 30.2 Å². The Labute approximate surface area is 158 Å². The van der Waals surface area contributed by atoms with Gasteiger partial charge in [-0.05, 0) is 6.92 Å². The van der Waals surface area contributed by atoms with E-state index in [0.717, 1.165) is 0 Å². The fourth-order valence-corrected chi connectivity index (χ4v) is 5.20. The van der Waals surface area contributed by atoms with Crippen molar-refractivity contribution < 1.29 is 29.0 Å². The highest BCUT2D eigenvalue weighted by molar-refractivity contribution is 8.03. The van der Waals surface area contributed by atoms with Gasteiger partial charge >= 0.3 is 5.97 Å². The molecule has 10 nitrogen and oxygen atoms in total. The van der Waals surface area contributed by atoms with Gasteiger partial charge in [0.05, 0.1) is 18.1 Å². The molecule has 1 aromatic rings. The van der Waals surface area contributed by atoms with E-state index < -0.39 is 23.9 Å². The minimum Gasteiger partial charge on any atom is -0.477 e. The monoisotopic (exact) mass is 394 g/mol. The number of nitrogens with two attached hydrogens (primary N) is 1. The summed E-state index contributed by atoms with van der Waals surface area (Å²) in [6, 6.07) is 0.0137. The number of fused-ring (bicyclic) bond motifs is 1. The first kappa shape index (κ1) is 17.9. The van der Waals surface area contributed by atoms with Crippen LogP contribution < -0.4 is 10.6 Å². The Balaban J connectivity index is 1.42. The number of amides is 2. The number of carbonyl (C=O) groups excluding carboxylic acids is 2. The molecule has 4 heterocycles. The number of anilines is 1. The average Bonchev–Trinajstić information content (AvgIpc) is 3.13. The number of carboxylic acid groups (broad SMARTS) is 1. The second-order valence-corrected chi connectivity index (χ2v) is 8.24. The Kier molecular flexibility index (Phi) is 4.15. The molecule has 0 spiro atoms. The van der Waals surface area contributed by atoms with E-state index in [1.807, 2.05) is 4.90 Å². The van der Waals surface area contributed by atoms with Crippen molar-refractivity contribution in [2.45, 2.75) is 30.7 Å². The van der Waals surface area contributed by atoms with Crippen LogP contribution >= 0.6 is 11.8 Å². The number of aliphatic hydroxyl groups is 1. The summed E-state index contributed by atoms with van der Waals surface area (Å²) in [6.07, 6.45) is 0.837. The van der Waals surface area contributed by atoms with E-state index in [2.05, 4.69) is 4.98 Å². The summed E-state index contributed by atoms with van der Waals surface area (Å²) < 4.78 is 5.22. The highest BCUT2D eigenvalue weighted by atomic mass is 32.2. The Bertz CT molecular complexity index is 859. The molecule has 0 aliphatic carbocycles. The molecule has 1 aromatic heterocycles. The molecule has 3 aliphatic heterocycles. The molecule has 2 saturated heterocycles. The van der Waals surface area contributed by atoms with Crippen LogP contribution in [0.3, 0.4) is 0 Å². The highest BCUT2D eigenvalue weighted by Crippen LogP contribution is 2.48. The quantitative estimate of drug-likeness (QED) is 0.548. The normalized spacial score (nSPS) is 25.9. The van der Waals surface area contributed by atoms with Gasteiger partial charge in [0.2, 0.25) is 5.91 Å². The lowest BCUT2D eigenvalue weighted by atomic mass is 9.83. The van der Waals surface area contributed by atoms with Crippen LogP contribution in [0, 0.1) is 5.92 Å². The summed E-state index contributed by atoms with van der Waals surface area (Å²) in [5, 5.41) is 19.4. The lowest BCUT2D eigenvalue weighted by molar-refractivity contribution is -0.161. The molecule has 4 rings (SSSR count). The van der Waals surface area contributed by atoms with E-state index in [0.29, 0.717) is 30.4 Å². The molecular weight excluding hydrogens is 376 g/mol. The van der Waals surface area contributed by atoms with Gasteiger partial charge in [-0.1, -0.05) is 0 Å². The number of nitrogens with zero attached hydrogens (tertiary/aromatic N) is 3. The van der Waals surface area contributed by atoms with Crippen LogP contribution in [0.2, 0.25) is 0 Å². The maximum absolute atomic E-state index is 12.2. The van der Waals surface area contributed by atoms with Crippen molar-refractivity contribution in [3.05, 3.63) is 22.6 Å². The van der Waals surface area contributed by atoms with Gasteiger partial charge in [-0.15, -0.1) is 11.8 Å². The smallest absolute Gasteiger partial charge is 0.353 e. The van der Waals surface area contributed by atoms with Crippen molar-refractivity contribution in [3.8, 4) is 0 Å². The molecule has 11 heteroatoms. The Hall–Kier alpha value is -2.53. The van der Waals surface area contributed by atoms with E-state index in [-0.39, 0.29) is 28.6 Å². The number of thioether (sulfide) groups is 1. The first-order valence-electron chi connectivity index (χ1n) is 8.42. The van der Waals surface area contributed by atoms with Crippen molar-refractivity contribution in [2.75, 3.05) is 18.0 Å². The molecule has 0 bridgehead atoms. The molecule has 0 saturated carbocycles. The summed E-state index contributed by atoms with van der Waals surface area (Å²) in [5.74, 6) is -2.68. The molecule has 0 aromatic carbocycles. The maximum atomic E-state index is 12.2. The second kappa shape index (κ2) is 6.27. The molecular formula is C16H18N4O6S. The van der Waals surface area contributed by atoms with Crippen molar-refractivity contribution in [2.24, 2.45) is 11.7 Å². The third-order valence-corrected chi connectivity index (χ3v) is 6.34. The molecule has 144 valence electrons.